The molecule has 0 spiro atoms. The third kappa shape index (κ3) is 4.28. The molecular weight excluding hydrogens is 359 g/mol. The van der Waals surface area contributed by atoms with Crippen LogP contribution in [0.4, 0.5) is 4.39 Å². The zero-order valence-corrected chi connectivity index (χ0v) is 12.3. The predicted octanol–water partition coefficient (Wildman–Crippen LogP) is 3.98. The number of rotatable bonds is 1. The first-order valence-electron chi connectivity index (χ1n) is 4.27. The Morgan fingerprint density at radius 3 is 2.50 bits per heavy atom. The van der Waals surface area contributed by atoms with Gasteiger partial charge < -0.3 is 0 Å². The molecule has 0 fully saturated rings. The Morgan fingerprint density at radius 1 is 1.44 bits per heavy atom. The van der Waals surface area contributed by atoms with Gasteiger partial charge in [-0.3, -0.25) is 4.79 Å². The Morgan fingerprint density at radius 2 is 2.00 bits per heavy atom. The van der Waals surface area contributed by atoms with Gasteiger partial charge in [-0.25, -0.2) is 4.39 Å². The molecule has 0 aliphatic heterocycles. The number of thioether (sulfide) groups is 1. The molecule has 0 atom stereocenters. The largest absolute Gasteiger partial charge is 0.288 e. The normalized spacial score (nSPS) is 9.50. The van der Waals surface area contributed by atoms with Crippen LogP contribution in [-0.2, 0) is 4.79 Å². The number of carbonyl (C=O) groups is 1. The molecule has 0 heterocycles. The first kappa shape index (κ1) is 13.8. The van der Waals surface area contributed by atoms with Crippen LogP contribution in [0.3, 0.4) is 0 Å². The fourth-order valence-electron chi connectivity index (χ4n) is 0.924. The van der Waals surface area contributed by atoms with E-state index in [0.717, 1.165) is 11.8 Å². The summed E-state index contributed by atoms with van der Waals surface area (Å²) in [6.45, 7) is 1.50. The molecule has 0 amide bonds. The number of hydrogen-bond donors (Lipinski definition) is 0. The van der Waals surface area contributed by atoms with Crippen molar-refractivity contribution in [1.82, 2.24) is 0 Å². The Hall–Kier alpha value is -0.310. The van der Waals surface area contributed by atoms with Crippen LogP contribution in [0.1, 0.15) is 12.5 Å². The second-order valence-electron chi connectivity index (χ2n) is 2.83. The van der Waals surface area contributed by atoms with Gasteiger partial charge >= 0.3 is 0 Å². The van der Waals surface area contributed by atoms with Crippen molar-refractivity contribution in [3.63, 3.8) is 0 Å². The van der Waals surface area contributed by atoms with E-state index in [2.05, 4.69) is 43.7 Å². The third-order valence-electron chi connectivity index (χ3n) is 1.57. The van der Waals surface area contributed by atoms with Crippen LogP contribution in [0.15, 0.2) is 21.1 Å². The van der Waals surface area contributed by atoms with Crippen molar-refractivity contribution >= 4 is 48.7 Å². The van der Waals surface area contributed by atoms with Gasteiger partial charge in [-0.05, 0) is 44.0 Å². The Labute approximate surface area is 114 Å². The van der Waals surface area contributed by atoms with Crippen molar-refractivity contribution in [2.24, 2.45) is 0 Å². The number of halogens is 3. The highest BCUT2D eigenvalue weighted by Gasteiger charge is 2.04. The molecule has 0 bridgehead atoms. The van der Waals surface area contributed by atoms with E-state index in [4.69, 9.17) is 0 Å². The highest BCUT2D eigenvalue weighted by Crippen LogP contribution is 2.25. The average molecular weight is 366 g/mol. The standard InChI is InChI=1S/C11H7Br2FOS/c1-7(15)16-4-2-3-9-10(12)5-8(14)6-11(9)13/h5-6H,4H2,1H3. The quantitative estimate of drug-likeness (QED) is 0.700. The maximum absolute atomic E-state index is 12.9. The molecule has 0 aliphatic carbocycles. The van der Waals surface area contributed by atoms with Gasteiger partial charge in [0.05, 0.1) is 11.3 Å². The number of carbonyl (C=O) groups excluding carboxylic acids is 1. The van der Waals surface area contributed by atoms with Gasteiger partial charge in [0.1, 0.15) is 5.82 Å². The molecular formula is C11H7Br2FOS. The van der Waals surface area contributed by atoms with Gasteiger partial charge in [-0.15, -0.1) is 0 Å². The summed E-state index contributed by atoms with van der Waals surface area (Å²) in [6, 6.07) is 2.71. The Kier molecular flexibility index (Phi) is 5.53. The van der Waals surface area contributed by atoms with Crippen LogP contribution < -0.4 is 0 Å². The molecule has 0 N–H and O–H groups in total. The Bertz CT molecular complexity index is 454. The van der Waals surface area contributed by atoms with Gasteiger partial charge in [0.25, 0.3) is 0 Å². The van der Waals surface area contributed by atoms with Crippen LogP contribution in [0, 0.1) is 17.7 Å². The van der Waals surface area contributed by atoms with E-state index in [9.17, 15) is 9.18 Å². The lowest BCUT2D eigenvalue weighted by Crippen LogP contribution is -1.85. The molecule has 84 valence electrons. The zero-order valence-electron chi connectivity index (χ0n) is 8.31. The summed E-state index contributed by atoms with van der Waals surface area (Å²) < 4.78 is 14.1. The zero-order chi connectivity index (χ0) is 12.1. The third-order valence-corrected chi connectivity index (χ3v) is 3.51. The van der Waals surface area contributed by atoms with Crippen LogP contribution in [0.5, 0.6) is 0 Å². The highest BCUT2D eigenvalue weighted by molar-refractivity contribution is 9.11. The first-order chi connectivity index (χ1) is 7.50. The maximum Gasteiger partial charge on any atom is 0.186 e. The van der Waals surface area contributed by atoms with Crippen molar-refractivity contribution in [3.8, 4) is 11.8 Å². The molecule has 0 saturated heterocycles. The van der Waals surface area contributed by atoms with E-state index in [1.165, 1.54) is 19.1 Å². The lowest BCUT2D eigenvalue weighted by Gasteiger charge is -1.99. The van der Waals surface area contributed by atoms with Crippen LogP contribution in [-0.4, -0.2) is 10.9 Å². The van der Waals surface area contributed by atoms with Crippen LogP contribution >= 0.6 is 43.6 Å². The van der Waals surface area contributed by atoms with Gasteiger partial charge in [0, 0.05) is 15.9 Å². The van der Waals surface area contributed by atoms with Crippen molar-refractivity contribution in [1.29, 1.82) is 0 Å². The van der Waals surface area contributed by atoms with Gasteiger partial charge in [-0.1, -0.05) is 23.6 Å². The van der Waals surface area contributed by atoms with E-state index >= 15 is 0 Å². The first-order valence-corrected chi connectivity index (χ1v) is 6.84. The smallest absolute Gasteiger partial charge is 0.186 e. The molecule has 0 saturated carbocycles. The molecule has 1 rings (SSSR count). The minimum absolute atomic E-state index is 0.0338. The van der Waals surface area contributed by atoms with Gasteiger partial charge in [0.15, 0.2) is 5.12 Å². The Balaban J connectivity index is 2.84. The minimum atomic E-state index is -0.331. The van der Waals surface area contributed by atoms with E-state index in [1.54, 1.807) is 0 Å². The summed E-state index contributed by atoms with van der Waals surface area (Å²) >= 11 is 7.61. The molecule has 0 aromatic heterocycles. The monoisotopic (exact) mass is 364 g/mol. The average Bonchev–Trinajstić information content (AvgIpc) is 2.14. The summed E-state index contributed by atoms with van der Waals surface area (Å²) in [5, 5.41) is 0.0338. The molecule has 1 aromatic rings. The molecule has 0 aliphatic rings. The molecule has 16 heavy (non-hydrogen) atoms. The summed E-state index contributed by atoms with van der Waals surface area (Å²) in [7, 11) is 0. The summed E-state index contributed by atoms with van der Waals surface area (Å²) in [6.07, 6.45) is 0. The van der Waals surface area contributed by atoms with E-state index in [1.807, 2.05) is 0 Å². The summed E-state index contributed by atoms with van der Waals surface area (Å²) in [5.41, 5.74) is 0.686. The molecule has 0 unspecified atom stereocenters. The fourth-order valence-corrected chi connectivity index (χ4v) is 2.60. The maximum atomic E-state index is 12.9. The summed E-state index contributed by atoms with van der Waals surface area (Å²) in [5.74, 6) is 5.83. The topological polar surface area (TPSA) is 17.1 Å². The summed E-state index contributed by atoms with van der Waals surface area (Å²) in [4.78, 5) is 10.7. The molecule has 0 radical (unpaired) electrons. The van der Waals surface area contributed by atoms with E-state index < -0.39 is 0 Å². The molecule has 1 aromatic carbocycles. The minimum Gasteiger partial charge on any atom is -0.288 e. The lowest BCUT2D eigenvalue weighted by atomic mass is 10.2. The van der Waals surface area contributed by atoms with Gasteiger partial charge in [0.2, 0.25) is 0 Å². The SMILES string of the molecule is CC(=O)SCC#Cc1c(Br)cc(F)cc1Br. The highest BCUT2D eigenvalue weighted by atomic mass is 79.9. The van der Waals surface area contributed by atoms with E-state index in [0.29, 0.717) is 20.3 Å². The second-order valence-corrected chi connectivity index (χ2v) is 5.69. The van der Waals surface area contributed by atoms with E-state index in [-0.39, 0.29) is 10.9 Å². The number of benzene rings is 1. The van der Waals surface area contributed by atoms with Crippen molar-refractivity contribution in [2.75, 3.05) is 5.75 Å². The van der Waals surface area contributed by atoms with Crippen molar-refractivity contribution in [3.05, 3.63) is 32.5 Å². The molecule has 1 nitrogen and oxygen atoms in total. The lowest BCUT2D eigenvalue weighted by molar-refractivity contribution is -0.109. The molecule has 5 heteroatoms. The van der Waals surface area contributed by atoms with Crippen LogP contribution in [0.2, 0.25) is 0 Å². The fraction of sp³-hybridized carbons (Fsp3) is 0.182. The van der Waals surface area contributed by atoms with Crippen LogP contribution in [0.25, 0.3) is 0 Å². The predicted molar refractivity (Wildman–Crippen MR) is 71.8 cm³/mol. The second kappa shape index (κ2) is 6.43. The number of hydrogen-bond acceptors (Lipinski definition) is 2. The van der Waals surface area contributed by atoms with Gasteiger partial charge in [-0.2, -0.15) is 0 Å². The van der Waals surface area contributed by atoms with Crippen molar-refractivity contribution in [2.45, 2.75) is 6.92 Å². The van der Waals surface area contributed by atoms with Crippen molar-refractivity contribution < 1.29 is 9.18 Å².